The Labute approximate surface area is 127 Å². The Balaban J connectivity index is 2.15. The van der Waals surface area contributed by atoms with E-state index < -0.39 is 11.2 Å². The average molecular weight is 347 g/mol. The van der Waals surface area contributed by atoms with Gasteiger partial charge in [-0.1, -0.05) is 6.07 Å². The summed E-state index contributed by atoms with van der Waals surface area (Å²) >= 11 is 3.12. The molecule has 3 rings (SSSR count). The Morgan fingerprint density at radius 2 is 2.10 bits per heavy atom. The van der Waals surface area contributed by atoms with Gasteiger partial charge in [0.15, 0.2) is 0 Å². The first-order valence-electron chi connectivity index (χ1n) is 6.17. The van der Waals surface area contributed by atoms with Gasteiger partial charge in [-0.15, -0.1) is 0 Å². The molecule has 0 amide bonds. The van der Waals surface area contributed by atoms with Gasteiger partial charge in [-0.05, 0) is 39.7 Å². The monoisotopic (exact) mass is 346 g/mol. The van der Waals surface area contributed by atoms with Crippen molar-refractivity contribution in [3.63, 3.8) is 0 Å². The van der Waals surface area contributed by atoms with Gasteiger partial charge >= 0.3 is 5.69 Å². The second-order valence-electron chi connectivity index (χ2n) is 4.58. The molecule has 1 aromatic carbocycles. The Morgan fingerprint density at radius 3 is 2.90 bits per heavy atom. The molecule has 0 spiro atoms. The van der Waals surface area contributed by atoms with Gasteiger partial charge in [-0.2, -0.15) is 0 Å². The summed E-state index contributed by atoms with van der Waals surface area (Å²) in [5, 5.41) is 0.839. The Morgan fingerprint density at radius 1 is 1.29 bits per heavy atom. The van der Waals surface area contributed by atoms with Crippen LogP contribution in [0.4, 0.5) is 5.69 Å². The van der Waals surface area contributed by atoms with Crippen molar-refractivity contribution in [2.75, 3.05) is 5.73 Å². The number of hydrogen-bond donors (Lipinski definition) is 2. The van der Waals surface area contributed by atoms with E-state index >= 15 is 0 Å². The molecule has 3 aromatic rings. The van der Waals surface area contributed by atoms with Crippen molar-refractivity contribution in [2.45, 2.75) is 6.54 Å². The van der Waals surface area contributed by atoms with Gasteiger partial charge in [-0.3, -0.25) is 19.3 Å². The zero-order valence-electron chi connectivity index (χ0n) is 10.8. The molecule has 0 atom stereocenters. The number of H-pyrrole nitrogens is 1. The molecular weight excluding hydrogens is 336 g/mol. The molecule has 0 aliphatic rings. The number of pyridine rings is 1. The van der Waals surface area contributed by atoms with E-state index in [9.17, 15) is 9.59 Å². The zero-order chi connectivity index (χ0) is 15.0. The van der Waals surface area contributed by atoms with E-state index in [-0.39, 0.29) is 0 Å². The van der Waals surface area contributed by atoms with Crippen molar-refractivity contribution >= 4 is 32.5 Å². The van der Waals surface area contributed by atoms with Gasteiger partial charge < -0.3 is 5.73 Å². The number of hydrogen-bond acceptors (Lipinski definition) is 4. The molecule has 106 valence electrons. The van der Waals surface area contributed by atoms with Crippen LogP contribution < -0.4 is 17.0 Å². The number of benzene rings is 1. The first-order chi connectivity index (χ1) is 10.1. The van der Waals surface area contributed by atoms with Gasteiger partial charge in [-0.25, -0.2) is 4.79 Å². The molecule has 0 bridgehead atoms. The predicted molar refractivity (Wildman–Crippen MR) is 84.3 cm³/mol. The number of nitrogen functional groups attached to an aromatic ring is 1. The van der Waals surface area contributed by atoms with Gasteiger partial charge in [0.2, 0.25) is 0 Å². The lowest BCUT2D eigenvalue weighted by molar-refractivity contribution is 0.718. The fourth-order valence-corrected chi connectivity index (χ4v) is 2.51. The fourth-order valence-electron chi connectivity index (χ4n) is 2.16. The number of anilines is 1. The fraction of sp³-hybridized carbons (Fsp3) is 0.0714. The van der Waals surface area contributed by atoms with Crippen LogP contribution in [-0.4, -0.2) is 14.5 Å². The minimum atomic E-state index is -0.468. The van der Waals surface area contributed by atoms with Crippen LogP contribution in [0.3, 0.4) is 0 Å². The van der Waals surface area contributed by atoms with E-state index in [0.717, 1.165) is 16.5 Å². The highest BCUT2D eigenvalue weighted by Crippen LogP contribution is 2.22. The third-order valence-electron chi connectivity index (χ3n) is 3.20. The normalized spacial score (nSPS) is 10.9. The molecule has 0 aliphatic heterocycles. The molecule has 6 nitrogen and oxygen atoms in total. The summed E-state index contributed by atoms with van der Waals surface area (Å²) in [7, 11) is 0. The maximum atomic E-state index is 11.8. The lowest BCUT2D eigenvalue weighted by Gasteiger charge is -2.09. The molecule has 0 saturated carbocycles. The van der Waals surface area contributed by atoms with Crippen LogP contribution in [0.25, 0.3) is 10.9 Å². The Kier molecular flexibility index (Phi) is 3.34. The van der Waals surface area contributed by atoms with Crippen molar-refractivity contribution in [2.24, 2.45) is 0 Å². The second kappa shape index (κ2) is 5.17. The lowest BCUT2D eigenvalue weighted by atomic mass is 10.1. The van der Waals surface area contributed by atoms with Gasteiger partial charge in [0.05, 0.1) is 16.5 Å². The lowest BCUT2D eigenvalue weighted by Crippen LogP contribution is -2.30. The smallest absolute Gasteiger partial charge is 0.328 e. The quantitative estimate of drug-likeness (QED) is 0.687. The second-order valence-corrected chi connectivity index (χ2v) is 5.43. The van der Waals surface area contributed by atoms with Gasteiger partial charge in [0.25, 0.3) is 5.56 Å². The van der Waals surface area contributed by atoms with Gasteiger partial charge in [0.1, 0.15) is 0 Å². The molecule has 21 heavy (non-hydrogen) atoms. The first-order valence-corrected chi connectivity index (χ1v) is 6.97. The Hall–Kier alpha value is -2.41. The van der Waals surface area contributed by atoms with E-state index in [1.54, 1.807) is 12.3 Å². The van der Waals surface area contributed by atoms with E-state index in [1.165, 1.54) is 10.8 Å². The summed E-state index contributed by atoms with van der Waals surface area (Å²) in [6.07, 6.45) is 3.14. The van der Waals surface area contributed by atoms with Crippen molar-refractivity contribution in [3.8, 4) is 0 Å². The number of nitrogens with two attached hydrogens (primary N) is 1. The number of nitrogens with zero attached hydrogens (tertiary/aromatic N) is 2. The molecule has 0 radical (unpaired) electrons. The van der Waals surface area contributed by atoms with Crippen LogP contribution in [0, 0.1) is 0 Å². The van der Waals surface area contributed by atoms with Crippen LogP contribution in [0.15, 0.2) is 50.7 Å². The van der Waals surface area contributed by atoms with Crippen molar-refractivity contribution in [3.05, 3.63) is 67.5 Å². The van der Waals surface area contributed by atoms with E-state index in [2.05, 4.69) is 25.9 Å². The molecule has 3 N–H and O–H groups in total. The summed E-state index contributed by atoms with van der Waals surface area (Å²) in [4.78, 5) is 29.8. The van der Waals surface area contributed by atoms with Crippen LogP contribution in [0.1, 0.15) is 5.56 Å². The molecule has 0 unspecified atom stereocenters. The molecule has 0 saturated heterocycles. The third kappa shape index (κ3) is 2.47. The van der Waals surface area contributed by atoms with E-state index in [4.69, 9.17) is 5.73 Å². The molecule has 7 heteroatoms. The molecular formula is C14H11BrN4O2. The maximum absolute atomic E-state index is 11.8. The minimum Gasteiger partial charge on any atom is -0.398 e. The number of rotatable bonds is 2. The van der Waals surface area contributed by atoms with Crippen LogP contribution in [0.5, 0.6) is 0 Å². The largest absolute Gasteiger partial charge is 0.398 e. The van der Waals surface area contributed by atoms with Crippen LogP contribution >= 0.6 is 15.9 Å². The predicted octanol–water partition coefficient (Wildman–Crippen LogP) is 1.48. The summed E-state index contributed by atoms with van der Waals surface area (Å²) in [6, 6.07) is 7.30. The van der Waals surface area contributed by atoms with E-state index in [1.807, 2.05) is 18.2 Å². The van der Waals surface area contributed by atoms with Crippen molar-refractivity contribution in [1.29, 1.82) is 0 Å². The number of halogens is 1. The zero-order valence-corrected chi connectivity index (χ0v) is 12.4. The highest BCUT2D eigenvalue weighted by molar-refractivity contribution is 9.10. The SMILES string of the molecule is Nc1ccc(Cn2cc(Br)c(=O)[nH]c2=O)c2ncccc12. The van der Waals surface area contributed by atoms with Crippen LogP contribution in [-0.2, 0) is 6.54 Å². The van der Waals surface area contributed by atoms with Gasteiger partial charge in [0, 0.05) is 23.5 Å². The molecule has 0 aliphatic carbocycles. The van der Waals surface area contributed by atoms with E-state index in [0.29, 0.717) is 16.7 Å². The Bertz CT molecular complexity index is 946. The summed E-state index contributed by atoms with van der Waals surface area (Å²) in [6.45, 7) is 0.294. The summed E-state index contributed by atoms with van der Waals surface area (Å²) in [5.41, 5.74) is 7.24. The third-order valence-corrected chi connectivity index (χ3v) is 3.76. The standard InChI is InChI=1S/C14H11BrN4O2/c15-10-7-19(14(21)18-13(10)20)6-8-3-4-11(16)9-2-1-5-17-12(8)9/h1-5,7H,6,16H2,(H,18,20,21). The summed E-state index contributed by atoms with van der Waals surface area (Å²) in [5.74, 6) is 0. The number of aromatic amines is 1. The highest BCUT2D eigenvalue weighted by atomic mass is 79.9. The minimum absolute atomic E-state index is 0.294. The highest BCUT2D eigenvalue weighted by Gasteiger charge is 2.08. The topological polar surface area (TPSA) is 93.8 Å². The number of fused-ring (bicyclic) bond motifs is 1. The number of aromatic nitrogens is 3. The maximum Gasteiger partial charge on any atom is 0.328 e. The average Bonchev–Trinajstić information content (AvgIpc) is 2.48. The molecule has 2 heterocycles. The van der Waals surface area contributed by atoms with Crippen molar-refractivity contribution in [1.82, 2.24) is 14.5 Å². The number of nitrogens with one attached hydrogen (secondary N) is 1. The first kappa shape index (κ1) is 13.6. The molecule has 0 fully saturated rings. The van der Waals surface area contributed by atoms with Crippen molar-refractivity contribution < 1.29 is 0 Å². The molecule has 2 aromatic heterocycles. The summed E-state index contributed by atoms with van der Waals surface area (Å²) < 4.78 is 1.71. The van der Waals surface area contributed by atoms with Crippen LogP contribution in [0.2, 0.25) is 0 Å².